The molecule has 0 bridgehead atoms. The molecular formula is C48H34N4O3S2. The van der Waals surface area contributed by atoms with Crippen molar-refractivity contribution in [3.8, 4) is 12.1 Å². The van der Waals surface area contributed by atoms with Gasteiger partial charge in [0, 0.05) is 30.8 Å². The van der Waals surface area contributed by atoms with Gasteiger partial charge in [-0.1, -0.05) is 108 Å². The van der Waals surface area contributed by atoms with E-state index in [4.69, 9.17) is 21.4 Å². The van der Waals surface area contributed by atoms with Crippen LogP contribution in [0.2, 0.25) is 0 Å². The average Bonchev–Trinajstić information content (AvgIpc) is 3.25. The van der Waals surface area contributed by atoms with E-state index in [0.717, 1.165) is 19.6 Å². The summed E-state index contributed by atoms with van der Waals surface area (Å²) in [7, 11) is 0. The molecule has 8 aromatic carbocycles. The molecule has 8 rings (SSSR count). The number of carbonyl (C=O) groups excluding carboxylic acids is 1. The summed E-state index contributed by atoms with van der Waals surface area (Å²) in [6, 6.07) is 61.6. The van der Waals surface area contributed by atoms with Crippen LogP contribution in [-0.4, -0.2) is 17.0 Å². The van der Waals surface area contributed by atoms with E-state index in [9.17, 15) is 9.59 Å². The summed E-state index contributed by atoms with van der Waals surface area (Å²) in [5.41, 5.74) is 8.32. The summed E-state index contributed by atoms with van der Waals surface area (Å²) in [6.45, 7) is 0. The van der Waals surface area contributed by atoms with Gasteiger partial charge in [0.25, 0.3) is 5.91 Å². The Morgan fingerprint density at radius 3 is 1.39 bits per heavy atom. The highest BCUT2D eigenvalue weighted by atomic mass is 32.2. The molecule has 9 heteroatoms. The number of nitrogens with one attached hydrogen (secondary N) is 1. The molecule has 276 valence electrons. The lowest BCUT2D eigenvalue weighted by Crippen LogP contribution is -2.12. The third-order valence-corrected chi connectivity index (χ3v) is 10.5. The molecule has 4 N–H and O–H groups in total. The lowest BCUT2D eigenvalue weighted by Gasteiger charge is -2.08. The molecule has 7 nitrogen and oxygen atoms in total. The fourth-order valence-corrected chi connectivity index (χ4v) is 7.29. The van der Waals surface area contributed by atoms with Crippen LogP contribution in [0.15, 0.2) is 202 Å². The number of carboxylic acids is 1. The number of nitrogen functional groups attached to an aromatic ring is 1. The third kappa shape index (κ3) is 10.9. The Morgan fingerprint density at radius 1 is 0.491 bits per heavy atom. The van der Waals surface area contributed by atoms with Gasteiger partial charge in [-0.15, -0.1) is 0 Å². The molecule has 0 fully saturated rings. The summed E-state index contributed by atoms with van der Waals surface area (Å²) in [4.78, 5) is 27.7. The molecule has 0 spiro atoms. The molecule has 0 saturated carbocycles. The molecule has 0 saturated heterocycles. The number of fused-ring (bicyclic) bond motifs is 2. The number of anilines is 2. The summed E-state index contributed by atoms with van der Waals surface area (Å²) >= 11 is 3.29. The quantitative estimate of drug-likeness (QED) is 0.136. The van der Waals surface area contributed by atoms with Crippen molar-refractivity contribution in [2.45, 2.75) is 19.6 Å². The number of carboxylic acid groups (broad SMARTS) is 1. The molecule has 0 aliphatic heterocycles. The fourth-order valence-electron chi connectivity index (χ4n) is 5.56. The van der Waals surface area contributed by atoms with Gasteiger partial charge in [0.2, 0.25) is 0 Å². The van der Waals surface area contributed by atoms with Crippen molar-refractivity contribution < 1.29 is 14.7 Å². The Hall–Kier alpha value is -7.30. The second-order valence-corrected chi connectivity index (χ2v) is 14.7. The Kier molecular flexibility index (Phi) is 13.4. The Balaban J connectivity index is 0.000000164. The van der Waals surface area contributed by atoms with Crippen LogP contribution in [0.1, 0.15) is 31.8 Å². The number of aromatic carboxylic acids is 1. The Labute approximate surface area is 339 Å². The first-order valence-electron chi connectivity index (χ1n) is 17.6. The van der Waals surface area contributed by atoms with Gasteiger partial charge in [-0.05, 0) is 119 Å². The summed E-state index contributed by atoms with van der Waals surface area (Å²) < 4.78 is 0. The van der Waals surface area contributed by atoms with Gasteiger partial charge in [0.05, 0.1) is 22.4 Å². The summed E-state index contributed by atoms with van der Waals surface area (Å²) in [6.07, 6.45) is 0. The second-order valence-electron chi connectivity index (χ2n) is 12.4. The lowest BCUT2D eigenvalue weighted by atomic mass is 10.1. The molecule has 8 aromatic rings. The zero-order valence-electron chi connectivity index (χ0n) is 30.4. The number of nitrogens with zero attached hydrogens (tertiary/aromatic N) is 2. The minimum Gasteiger partial charge on any atom is -0.478 e. The van der Waals surface area contributed by atoms with E-state index in [1.165, 1.54) is 21.5 Å². The monoisotopic (exact) mass is 778 g/mol. The number of carbonyl (C=O) groups is 2. The number of nitrogens with two attached hydrogens (primary N) is 1. The van der Waals surface area contributed by atoms with Crippen molar-refractivity contribution in [1.29, 1.82) is 10.5 Å². The maximum absolute atomic E-state index is 12.5. The highest BCUT2D eigenvalue weighted by Gasteiger charge is 2.10. The largest absolute Gasteiger partial charge is 0.478 e. The third-order valence-electron chi connectivity index (χ3n) is 8.51. The first-order chi connectivity index (χ1) is 27.8. The Bertz CT molecular complexity index is 2760. The second kappa shape index (κ2) is 19.3. The van der Waals surface area contributed by atoms with Crippen LogP contribution in [0.5, 0.6) is 0 Å². The fraction of sp³-hybridized carbons (Fsp3) is 0. The van der Waals surface area contributed by atoms with E-state index < -0.39 is 5.97 Å². The maximum atomic E-state index is 12.5. The molecule has 0 aliphatic rings. The minimum absolute atomic E-state index is 0.232. The number of nitriles is 2. The van der Waals surface area contributed by atoms with Crippen molar-refractivity contribution in [3.05, 3.63) is 204 Å². The Morgan fingerprint density at radius 2 is 0.912 bits per heavy atom. The SMILES string of the molecule is N#Cc1ccccc1N.N#Cc1ccccc1NC(=O)c1ccc(Sc2ccc3ccccc3c2)cc1.O=C(O)c1ccc(Sc2ccc3ccccc3c2)cc1. The highest BCUT2D eigenvalue weighted by molar-refractivity contribution is 7.99. The van der Waals surface area contributed by atoms with Crippen LogP contribution in [0.3, 0.4) is 0 Å². The number of benzene rings is 8. The first-order valence-corrected chi connectivity index (χ1v) is 19.2. The van der Waals surface area contributed by atoms with Crippen LogP contribution in [0.4, 0.5) is 11.4 Å². The lowest BCUT2D eigenvalue weighted by molar-refractivity contribution is 0.0696. The number of rotatable bonds is 7. The molecule has 0 aromatic heterocycles. The van der Waals surface area contributed by atoms with Gasteiger partial charge in [-0.2, -0.15) is 10.5 Å². The predicted molar refractivity (Wildman–Crippen MR) is 231 cm³/mol. The van der Waals surface area contributed by atoms with Crippen molar-refractivity contribution >= 4 is 68.3 Å². The zero-order chi connectivity index (χ0) is 40.0. The summed E-state index contributed by atoms with van der Waals surface area (Å²) in [5, 5.41) is 34.1. The number of hydrogen-bond acceptors (Lipinski definition) is 7. The molecule has 1 amide bonds. The number of para-hydroxylation sites is 2. The van der Waals surface area contributed by atoms with Gasteiger partial charge in [0.1, 0.15) is 12.1 Å². The van der Waals surface area contributed by atoms with Gasteiger partial charge in [-0.3, -0.25) is 4.79 Å². The van der Waals surface area contributed by atoms with Gasteiger partial charge >= 0.3 is 5.97 Å². The minimum atomic E-state index is -0.896. The van der Waals surface area contributed by atoms with Crippen molar-refractivity contribution in [2.24, 2.45) is 0 Å². The zero-order valence-corrected chi connectivity index (χ0v) is 32.0. The maximum Gasteiger partial charge on any atom is 0.335 e. The van der Waals surface area contributed by atoms with Crippen LogP contribution in [0.25, 0.3) is 21.5 Å². The van der Waals surface area contributed by atoms with E-state index >= 15 is 0 Å². The molecule has 0 heterocycles. The summed E-state index contributed by atoms with van der Waals surface area (Å²) in [5.74, 6) is -1.13. The smallest absolute Gasteiger partial charge is 0.335 e. The van der Waals surface area contributed by atoms with Gasteiger partial charge < -0.3 is 16.2 Å². The van der Waals surface area contributed by atoms with E-state index in [1.807, 2.05) is 54.6 Å². The number of amides is 1. The first kappa shape index (κ1) is 39.4. The van der Waals surface area contributed by atoms with Gasteiger partial charge in [0.15, 0.2) is 0 Å². The molecule has 0 atom stereocenters. The van der Waals surface area contributed by atoms with Crippen LogP contribution in [0, 0.1) is 22.7 Å². The predicted octanol–water partition coefficient (Wildman–Crippen LogP) is 11.9. The van der Waals surface area contributed by atoms with Crippen LogP contribution >= 0.6 is 23.5 Å². The highest BCUT2D eigenvalue weighted by Crippen LogP contribution is 2.32. The van der Waals surface area contributed by atoms with Crippen LogP contribution < -0.4 is 11.1 Å². The van der Waals surface area contributed by atoms with Crippen molar-refractivity contribution in [3.63, 3.8) is 0 Å². The van der Waals surface area contributed by atoms with E-state index in [0.29, 0.717) is 33.6 Å². The van der Waals surface area contributed by atoms with Crippen molar-refractivity contribution in [1.82, 2.24) is 0 Å². The molecule has 0 unspecified atom stereocenters. The van der Waals surface area contributed by atoms with Gasteiger partial charge in [-0.25, -0.2) is 4.79 Å². The van der Waals surface area contributed by atoms with E-state index in [-0.39, 0.29) is 5.91 Å². The molecule has 57 heavy (non-hydrogen) atoms. The van der Waals surface area contributed by atoms with E-state index in [2.05, 4.69) is 72.0 Å². The molecule has 0 aliphatic carbocycles. The topological polar surface area (TPSA) is 140 Å². The normalized spacial score (nSPS) is 10.1. The van der Waals surface area contributed by atoms with Crippen molar-refractivity contribution in [2.75, 3.05) is 11.1 Å². The van der Waals surface area contributed by atoms with Crippen LogP contribution in [-0.2, 0) is 0 Å². The number of hydrogen-bond donors (Lipinski definition) is 3. The average molecular weight is 779 g/mol. The molecule has 0 radical (unpaired) electrons. The standard InChI is InChI=1S/C24H16N2OS.C17H12O2S.C7H6N2/c25-16-20-7-3-4-8-23(20)26-24(27)18-10-12-21(13-11-18)28-22-14-9-17-5-1-2-6-19(17)15-22;18-17(19)13-6-8-15(9-7-13)20-16-10-5-12-3-1-2-4-14(12)11-16;8-5-6-3-1-2-4-7(6)9/h1-15H,(H,26,27);1-11H,(H,18,19);1-4H,9H2. The van der Waals surface area contributed by atoms with E-state index in [1.54, 1.807) is 96.3 Å². The molecular weight excluding hydrogens is 745 g/mol.